The number of carboxylic acid groups (broad SMARTS) is 1. The van der Waals surface area contributed by atoms with Crippen molar-refractivity contribution in [2.75, 3.05) is 7.11 Å². The Hall–Kier alpha value is -2.65. The SMILES string of the molecule is COCc1c(C(C)C)nc(C(C)(C)OC(C)C)c(C=CC(O)CC(O)CC(=O)O)c1-c1ccc(F)cc1. The van der Waals surface area contributed by atoms with Gasteiger partial charge in [0.2, 0.25) is 0 Å². The molecule has 2 rings (SSSR count). The van der Waals surface area contributed by atoms with Crippen LogP contribution in [0.25, 0.3) is 17.2 Å². The smallest absolute Gasteiger partial charge is 0.305 e. The van der Waals surface area contributed by atoms with Crippen molar-refractivity contribution in [2.45, 2.75) is 90.8 Å². The molecule has 0 amide bonds. The maximum atomic E-state index is 13.9. The fourth-order valence-corrected chi connectivity index (χ4v) is 4.49. The van der Waals surface area contributed by atoms with E-state index in [0.29, 0.717) is 11.3 Å². The molecule has 2 atom stereocenters. The molecule has 8 heteroatoms. The molecule has 1 heterocycles. The van der Waals surface area contributed by atoms with Crippen LogP contribution >= 0.6 is 0 Å². The summed E-state index contributed by atoms with van der Waals surface area (Å²) in [7, 11) is 1.60. The summed E-state index contributed by atoms with van der Waals surface area (Å²) >= 11 is 0. The molecule has 1 aromatic carbocycles. The molecule has 0 bridgehead atoms. The first-order valence-electron chi connectivity index (χ1n) is 12.5. The fourth-order valence-electron chi connectivity index (χ4n) is 4.49. The van der Waals surface area contributed by atoms with Crippen LogP contribution < -0.4 is 0 Å². The minimum absolute atomic E-state index is 0.0488. The molecule has 0 aliphatic carbocycles. The second-order valence-electron chi connectivity index (χ2n) is 10.3. The Labute approximate surface area is 219 Å². The molecule has 0 spiro atoms. The topological polar surface area (TPSA) is 109 Å². The van der Waals surface area contributed by atoms with Crippen LogP contribution in [-0.4, -0.2) is 51.7 Å². The highest BCUT2D eigenvalue weighted by Gasteiger charge is 2.32. The Morgan fingerprint density at radius 2 is 1.76 bits per heavy atom. The lowest BCUT2D eigenvalue weighted by molar-refractivity contribution is -0.139. The lowest BCUT2D eigenvalue weighted by atomic mass is 9.85. The summed E-state index contributed by atoms with van der Waals surface area (Å²) in [5.74, 6) is -1.46. The summed E-state index contributed by atoms with van der Waals surface area (Å²) in [5, 5.41) is 29.5. The van der Waals surface area contributed by atoms with E-state index >= 15 is 0 Å². The van der Waals surface area contributed by atoms with Crippen LogP contribution in [0.1, 0.15) is 82.8 Å². The molecule has 1 aromatic heterocycles. The highest BCUT2D eigenvalue weighted by atomic mass is 19.1. The number of hydrogen-bond acceptors (Lipinski definition) is 6. The van der Waals surface area contributed by atoms with E-state index in [2.05, 4.69) is 0 Å². The molecule has 0 saturated heterocycles. The van der Waals surface area contributed by atoms with Gasteiger partial charge in [-0.15, -0.1) is 0 Å². The number of benzene rings is 1. The number of aliphatic hydroxyl groups excluding tert-OH is 2. The third-order valence-electron chi connectivity index (χ3n) is 5.85. The van der Waals surface area contributed by atoms with Crippen LogP contribution in [0.2, 0.25) is 0 Å². The predicted octanol–water partition coefficient (Wildman–Crippen LogP) is 5.42. The predicted molar refractivity (Wildman–Crippen MR) is 142 cm³/mol. The van der Waals surface area contributed by atoms with Gasteiger partial charge in [0.15, 0.2) is 0 Å². The molecular formula is C29H40FNO6. The van der Waals surface area contributed by atoms with Gasteiger partial charge in [-0.05, 0) is 56.9 Å². The summed E-state index contributed by atoms with van der Waals surface area (Å²) in [6.07, 6.45) is 0.227. The number of methoxy groups -OCH3 is 1. The van der Waals surface area contributed by atoms with E-state index in [-0.39, 0.29) is 30.9 Å². The van der Waals surface area contributed by atoms with Gasteiger partial charge in [-0.2, -0.15) is 0 Å². The average molecular weight is 518 g/mol. The largest absolute Gasteiger partial charge is 0.481 e. The van der Waals surface area contributed by atoms with Crippen molar-refractivity contribution in [3.05, 3.63) is 58.7 Å². The van der Waals surface area contributed by atoms with E-state index in [9.17, 15) is 19.4 Å². The van der Waals surface area contributed by atoms with Crippen molar-refractivity contribution >= 4 is 12.0 Å². The highest BCUT2D eigenvalue weighted by molar-refractivity contribution is 5.80. The second-order valence-corrected chi connectivity index (χ2v) is 10.3. The molecular weight excluding hydrogens is 477 g/mol. The van der Waals surface area contributed by atoms with Gasteiger partial charge >= 0.3 is 5.97 Å². The van der Waals surface area contributed by atoms with Gasteiger partial charge in [0.1, 0.15) is 11.4 Å². The van der Waals surface area contributed by atoms with Crippen LogP contribution in [0.15, 0.2) is 30.3 Å². The molecule has 2 aromatic rings. The van der Waals surface area contributed by atoms with Crippen LogP contribution in [-0.2, 0) is 26.5 Å². The summed E-state index contributed by atoms with van der Waals surface area (Å²) < 4.78 is 25.7. The van der Waals surface area contributed by atoms with Crippen molar-refractivity contribution in [1.82, 2.24) is 4.98 Å². The van der Waals surface area contributed by atoms with Crippen LogP contribution in [0, 0.1) is 5.82 Å². The first-order valence-corrected chi connectivity index (χ1v) is 12.5. The first-order chi connectivity index (χ1) is 17.3. The number of ether oxygens (including phenoxy) is 2. The number of nitrogens with zero attached hydrogens (tertiary/aromatic N) is 1. The highest BCUT2D eigenvalue weighted by Crippen LogP contribution is 2.40. The zero-order valence-electron chi connectivity index (χ0n) is 22.8. The van der Waals surface area contributed by atoms with Crippen molar-refractivity contribution in [3.63, 3.8) is 0 Å². The Balaban J connectivity index is 2.84. The molecule has 0 aliphatic rings. The lowest BCUT2D eigenvalue weighted by Crippen LogP contribution is -2.29. The number of carbonyl (C=O) groups is 1. The van der Waals surface area contributed by atoms with Gasteiger partial charge < -0.3 is 24.8 Å². The Bertz CT molecular complexity index is 1080. The maximum absolute atomic E-state index is 13.9. The quantitative estimate of drug-likeness (QED) is 0.326. The van der Waals surface area contributed by atoms with Gasteiger partial charge in [-0.1, -0.05) is 38.1 Å². The molecule has 37 heavy (non-hydrogen) atoms. The molecule has 7 nitrogen and oxygen atoms in total. The van der Waals surface area contributed by atoms with Crippen LogP contribution in [0.4, 0.5) is 4.39 Å². The molecule has 204 valence electrons. The van der Waals surface area contributed by atoms with Crippen molar-refractivity contribution in [3.8, 4) is 11.1 Å². The number of carboxylic acids is 1. The van der Waals surface area contributed by atoms with Gasteiger partial charge in [0, 0.05) is 30.4 Å². The third-order valence-corrected chi connectivity index (χ3v) is 5.85. The molecule has 0 aliphatic heterocycles. The van der Waals surface area contributed by atoms with Crippen LogP contribution in [0.5, 0.6) is 0 Å². The zero-order valence-corrected chi connectivity index (χ0v) is 22.8. The number of halogens is 1. The van der Waals surface area contributed by atoms with E-state index in [1.54, 1.807) is 25.3 Å². The molecule has 0 saturated carbocycles. The number of hydrogen-bond donors (Lipinski definition) is 3. The van der Waals surface area contributed by atoms with Gasteiger partial charge in [-0.25, -0.2) is 4.39 Å². The average Bonchev–Trinajstić information content (AvgIpc) is 2.76. The number of rotatable bonds is 13. The van der Waals surface area contributed by atoms with Crippen molar-refractivity contribution in [2.24, 2.45) is 0 Å². The van der Waals surface area contributed by atoms with E-state index in [4.69, 9.17) is 19.6 Å². The van der Waals surface area contributed by atoms with Gasteiger partial charge in [0.25, 0.3) is 0 Å². The summed E-state index contributed by atoms with van der Waals surface area (Å²) in [6, 6.07) is 6.17. The molecule has 0 radical (unpaired) electrons. The van der Waals surface area contributed by atoms with E-state index in [1.807, 2.05) is 41.5 Å². The standard InChI is InChI=1S/C29H40FNO6/c1-17(2)27-24(16-36-7)26(19-8-10-20(30)11-9-19)23(28(31-27)29(5,6)37-18(3)4)13-12-21(32)14-22(33)15-25(34)35/h8-13,17-18,21-22,32-33H,14-16H2,1-7H3,(H,34,35). The second kappa shape index (κ2) is 13.2. The lowest BCUT2D eigenvalue weighted by Gasteiger charge is -2.32. The maximum Gasteiger partial charge on any atom is 0.305 e. The number of aliphatic hydroxyl groups is 2. The zero-order chi connectivity index (χ0) is 27.9. The van der Waals surface area contributed by atoms with Crippen molar-refractivity contribution in [1.29, 1.82) is 0 Å². The minimum Gasteiger partial charge on any atom is -0.481 e. The molecule has 0 fully saturated rings. The van der Waals surface area contributed by atoms with Crippen molar-refractivity contribution < 1.29 is 34.0 Å². The monoisotopic (exact) mass is 517 g/mol. The van der Waals surface area contributed by atoms with E-state index in [1.165, 1.54) is 18.2 Å². The van der Waals surface area contributed by atoms with E-state index in [0.717, 1.165) is 22.4 Å². The summed E-state index contributed by atoms with van der Waals surface area (Å²) in [4.78, 5) is 16.0. The number of aromatic nitrogens is 1. The minimum atomic E-state index is -1.20. The Morgan fingerprint density at radius 1 is 1.14 bits per heavy atom. The molecule has 2 unspecified atom stereocenters. The summed E-state index contributed by atoms with van der Waals surface area (Å²) in [6.45, 7) is 12.1. The number of aliphatic carboxylic acids is 1. The van der Waals surface area contributed by atoms with E-state index < -0.39 is 30.2 Å². The first kappa shape index (κ1) is 30.6. The normalized spacial score (nSPS) is 14.1. The molecule has 3 N–H and O–H groups in total. The van der Waals surface area contributed by atoms with Gasteiger partial charge in [0.05, 0.1) is 37.0 Å². The Morgan fingerprint density at radius 3 is 2.27 bits per heavy atom. The number of pyridine rings is 1. The van der Waals surface area contributed by atoms with Crippen LogP contribution in [0.3, 0.4) is 0 Å². The fraction of sp³-hybridized carbons (Fsp3) is 0.517. The Kier molecular flexibility index (Phi) is 10.9. The third kappa shape index (κ3) is 8.43. The summed E-state index contributed by atoms with van der Waals surface area (Å²) in [5.41, 5.74) is 3.68. The van der Waals surface area contributed by atoms with Gasteiger partial charge in [-0.3, -0.25) is 9.78 Å².